The Morgan fingerprint density at radius 3 is 2.53 bits per heavy atom. The number of hydrogen-bond donors (Lipinski definition) is 2. The van der Waals surface area contributed by atoms with E-state index < -0.39 is 38.3 Å². The van der Waals surface area contributed by atoms with Crippen molar-refractivity contribution in [3.63, 3.8) is 0 Å². The van der Waals surface area contributed by atoms with Crippen LogP contribution in [0, 0.1) is 11.3 Å². The quantitative estimate of drug-likeness (QED) is 0.511. The fraction of sp³-hybridized carbons (Fsp3) is 0.368. The first-order valence-electron chi connectivity index (χ1n) is 8.65. The van der Waals surface area contributed by atoms with E-state index in [1.165, 1.54) is 13.0 Å². The maximum Gasteiger partial charge on any atom is 0.417 e. The summed E-state index contributed by atoms with van der Waals surface area (Å²) in [5.41, 5.74) is -3.87. The summed E-state index contributed by atoms with van der Waals surface area (Å²) in [6.07, 6.45) is -3.09. The molecule has 30 heavy (non-hydrogen) atoms. The Balaban J connectivity index is 2.61. The lowest BCUT2D eigenvalue weighted by Crippen LogP contribution is -2.49. The second-order valence-corrected chi connectivity index (χ2v) is 8.45. The molecule has 1 aliphatic rings. The Hall–Kier alpha value is -2.68. The Bertz CT molecular complexity index is 1070. The third kappa shape index (κ3) is 4.72. The van der Waals surface area contributed by atoms with E-state index in [0.717, 1.165) is 25.1 Å². The van der Waals surface area contributed by atoms with Gasteiger partial charge in [0, 0.05) is 12.1 Å². The van der Waals surface area contributed by atoms with Crippen molar-refractivity contribution >= 4 is 22.1 Å². The maximum absolute atomic E-state index is 13.2. The molecular formula is C19H18F3N2O5S-. The summed E-state index contributed by atoms with van der Waals surface area (Å²) in [6, 6.07) is 4.19. The van der Waals surface area contributed by atoms with E-state index in [2.05, 4.69) is 5.32 Å². The second kappa shape index (κ2) is 8.22. The highest BCUT2D eigenvalue weighted by Gasteiger charge is 2.43. The van der Waals surface area contributed by atoms with Crippen LogP contribution in [-0.2, 0) is 21.1 Å². The molecule has 1 aliphatic carbocycles. The Morgan fingerprint density at radius 1 is 1.40 bits per heavy atom. The first kappa shape index (κ1) is 23.6. The smallest absolute Gasteiger partial charge is 0.417 e. The summed E-state index contributed by atoms with van der Waals surface area (Å²) >= 11 is 0. The number of alkyl halides is 3. The van der Waals surface area contributed by atoms with Crippen molar-refractivity contribution in [1.29, 1.82) is 5.26 Å². The minimum Gasteiger partial charge on any atom is -0.747 e. The normalized spacial score (nSPS) is 22.3. The lowest BCUT2D eigenvalue weighted by atomic mass is 9.83. The van der Waals surface area contributed by atoms with Gasteiger partial charge in [0.05, 0.1) is 22.9 Å². The molecule has 0 radical (unpaired) electrons. The summed E-state index contributed by atoms with van der Waals surface area (Å²) in [7, 11) is -5.04. The minimum absolute atomic E-state index is 0.0132. The van der Waals surface area contributed by atoms with E-state index in [1.807, 2.05) is 0 Å². The fourth-order valence-electron chi connectivity index (χ4n) is 3.32. The van der Waals surface area contributed by atoms with Gasteiger partial charge in [-0.05, 0) is 49.6 Å². The van der Waals surface area contributed by atoms with Gasteiger partial charge in [-0.2, -0.15) is 18.4 Å². The summed E-state index contributed by atoms with van der Waals surface area (Å²) in [5.74, 6) is 0. The predicted octanol–water partition coefficient (Wildman–Crippen LogP) is 2.85. The van der Waals surface area contributed by atoms with Crippen LogP contribution in [0.25, 0.3) is 0 Å². The summed E-state index contributed by atoms with van der Waals surface area (Å²) in [4.78, 5) is 10.7. The molecule has 11 heteroatoms. The van der Waals surface area contributed by atoms with Crippen molar-refractivity contribution in [2.45, 2.75) is 43.7 Å². The average molecular weight is 443 g/mol. The number of carbonyl (C=O) groups is 1. The van der Waals surface area contributed by atoms with E-state index >= 15 is 0 Å². The number of benzene rings is 1. The van der Waals surface area contributed by atoms with Gasteiger partial charge in [-0.3, -0.25) is 0 Å². The third-order valence-corrected chi connectivity index (χ3v) is 6.04. The summed E-state index contributed by atoms with van der Waals surface area (Å²) in [6.45, 7) is 2.54. The minimum atomic E-state index is -5.04. The van der Waals surface area contributed by atoms with Gasteiger partial charge in [-0.25, -0.2) is 8.42 Å². The number of carbonyl (C=O) groups excluding carboxylic acids is 1. The molecule has 0 amide bonds. The highest BCUT2D eigenvalue weighted by molar-refractivity contribution is 7.86. The number of aliphatic hydroxyl groups is 1. The van der Waals surface area contributed by atoms with Gasteiger partial charge >= 0.3 is 6.18 Å². The largest absolute Gasteiger partial charge is 0.747 e. The van der Waals surface area contributed by atoms with Crippen molar-refractivity contribution in [3.8, 4) is 6.07 Å². The monoisotopic (exact) mass is 443 g/mol. The summed E-state index contributed by atoms with van der Waals surface area (Å²) in [5, 5.41) is 20.4. The molecule has 2 atom stereocenters. The Morgan fingerprint density at radius 2 is 2.03 bits per heavy atom. The number of nitrogens with zero attached hydrogens (tertiary/aromatic N) is 1. The van der Waals surface area contributed by atoms with Gasteiger partial charge in [0.25, 0.3) is 0 Å². The topological polar surface area (TPSA) is 130 Å². The van der Waals surface area contributed by atoms with Crippen LogP contribution in [0.5, 0.6) is 0 Å². The molecule has 0 spiro atoms. The van der Waals surface area contributed by atoms with Crippen LogP contribution in [-0.4, -0.2) is 35.2 Å². The number of halogens is 3. The molecule has 2 rings (SSSR count). The molecule has 0 heterocycles. The number of allylic oxidation sites excluding steroid dienone is 2. The number of nitriles is 1. The fourth-order valence-corrected chi connectivity index (χ4v) is 4.33. The zero-order valence-electron chi connectivity index (χ0n) is 15.9. The van der Waals surface area contributed by atoms with Crippen LogP contribution in [0.4, 0.5) is 18.9 Å². The first-order chi connectivity index (χ1) is 13.7. The molecule has 2 N–H and O–H groups in total. The highest BCUT2D eigenvalue weighted by atomic mass is 32.2. The molecule has 0 fully saturated rings. The number of rotatable bonds is 6. The van der Waals surface area contributed by atoms with Gasteiger partial charge in [0.1, 0.15) is 27.3 Å². The molecule has 1 aromatic rings. The van der Waals surface area contributed by atoms with Crippen molar-refractivity contribution in [2.24, 2.45) is 0 Å². The first-order valence-corrected chi connectivity index (χ1v) is 10.1. The van der Waals surface area contributed by atoms with Crippen molar-refractivity contribution in [1.82, 2.24) is 0 Å². The average Bonchev–Trinajstić information content (AvgIpc) is 2.62. The molecule has 2 unspecified atom stereocenters. The van der Waals surface area contributed by atoms with Crippen LogP contribution in [0.1, 0.15) is 37.8 Å². The van der Waals surface area contributed by atoms with E-state index in [-0.39, 0.29) is 24.2 Å². The lowest BCUT2D eigenvalue weighted by molar-refractivity contribution is -0.137. The van der Waals surface area contributed by atoms with E-state index in [1.54, 1.807) is 0 Å². The van der Waals surface area contributed by atoms with E-state index in [4.69, 9.17) is 5.26 Å². The van der Waals surface area contributed by atoms with E-state index in [0.29, 0.717) is 23.5 Å². The second-order valence-electron chi connectivity index (χ2n) is 6.95. The van der Waals surface area contributed by atoms with Crippen molar-refractivity contribution in [2.75, 3.05) is 5.32 Å². The Labute approximate surface area is 171 Å². The standard InChI is InChI=1S/C19H19F3N2O5S/c1-11-12(4-3-7-25)8-16(30(27,28)29)18(2,26)17(11)24-14-6-5-13(10-23)15(9-14)19(20,21)22/h5-9,16,24,26H,3-4H2,1-2H3,(H,27,28,29)/p-1. The van der Waals surface area contributed by atoms with Gasteiger partial charge in [0.15, 0.2) is 0 Å². The van der Waals surface area contributed by atoms with Crippen LogP contribution in [0.3, 0.4) is 0 Å². The SMILES string of the molecule is CC1=C(Nc2ccc(C#N)c(C(F)(F)F)c2)C(C)(O)C(S(=O)(=O)[O-])C=C1CCC=O. The van der Waals surface area contributed by atoms with Gasteiger partial charge < -0.3 is 19.8 Å². The van der Waals surface area contributed by atoms with Crippen molar-refractivity contribution in [3.05, 3.63) is 52.2 Å². The number of hydrogen-bond acceptors (Lipinski definition) is 7. The zero-order valence-corrected chi connectivity index (χ0v) is 16.8. The van der Waals surface area contributed by atoms with Crippen LogP contribution < -0.4 is 5.32 Å². The van der Waals surface area contributed by atoms with E-state index in [9.17, 15) is 36.0 Å². The molecule has 0 aromatic heterocycles. The van der Waals surface area contributed by atoms with Crippen LogP contribution in [0.15, 0.2) is 41.1 Å². The molecule has 1 aromatic carbocycles. The van der Waals surface area contributed by atoms with Gasteiger partial charge in [0.2, 0.25) is 0 Å². The number of aldehydes is 1. The molecular weight excluding hydrogens is 425 g/mol. The molecule has 0 saturated heterocycles. The van der Waals surface area contributed by atoms with Crippen molar-refractivity contribution < 1.29 is 36.0 Å². The highest BCUT2D eigenvalue weighted by Crippen LogP contribution is 2.39. The van der Waals surface area contributed by atoms with Gasteiger partial charge in [-0.1, -0.05) is 6.08 Å². The molecule has 162 valence electrons. The maximum atomic E-state index is 13.2. The number of nitrogens with one attached hydrogen (secondary N) is 1. The van der Waals surface area contributed by atoms with Crippen LogP contribution in [0.2, 0.25) is 0 Å². The molecule has 0 saturated carbocycles. The molecule has 0 bridgehead atoms. The van der Waals surface area contributed by atoms with Crippen LogP contribution >= 0.6 is 0 Å². The predicted molar refractivity (Wildman–Crippen MR) is 100.0 cm³/mol. The number of anilines is 1. The lowest BCUT2D eigenvalue weighted by Gasteiger charge is -2.40. The Kier molecular flexibility index (Phi) is 6.46. The third-order valence-electron chi connectivity index (χ3n) is 4.83. The molecule has 0 aliphatic heterocycles. The zero-order chi connectivity index (χ0) is 22.9. The molecule has 7 nitrogen and oxygen atoms in total. The van der Waals surface area contributed by atoms with Gasteiger partial charge in [-0.15, -0.1) is 0 Å². The summed E-state index contributed by atoms with van der Waals surface area (Å²) < 4.78 is 74.9.